The summed E-state index contributed by atoms with van der Waals surface area (Å²) in [6, 6.07) is 8.37. The minimum Gasteiger partial charge on any atom is -0.466 e. The number of nitriles is 1. The summed E-state index contributed by atoms with van der Waals surface area (Å²) >= 11 is 0. The number of nitrogens with two attached hydrogens (primary N) is 1. The molecule has 1 aromatic carbocycles. The number of carbonyl (C=O) groups excluding carboxylic acids is 3. The first-order valence-corrected chi connectivity index (χ1v) is 8.79. The molecule has 0 saturated carbocycles. The summed E-state index contributed by atoms with van der Waals surface area (Å²) in [6.07, 6.45) is 0. The summed E-state index contributed by atoms with van der Waals surface area (Å²) in [5.41, 5.74) is 4.19. The van der Waals surface area contributed by atoms with Crippen LogP contribution in [-0.2, 0) is 29.3 Å². The number of fused-ring (bicyclic) bond motifs is 2. The topological polar surface area (TPSA) is 132 Å². The van der Waals surface area contributed by atoms with Gasteiger partial charge in [0.15, 0.2) is 5.41 Å². The molecule has 2 aliphatic heterocycles. The van der Waals surface area contributed by atoms with Crippen molar-refractivity contribution in [2.24, 2.45) is 5.73 Å². The Morgan fingerprint density at radius 1 is 1.34 bits per heavy atom. The zero-order chi connectivity index (χ0) is 21.3. The number of para-hydroxylation sites is 1. The zero-order valence-electron chi connectivity index (χ0n) is 16.1. The highest BCUT2D eigenvalue weighted by Crippen LogP contribution is 2.53. The zero-order valence-corrected chi connectivity index (χ0v) is 16.1. The van der Waals surface area contributed by atoms with Crippen molar-refractivity contribution >= 4 is 17.8 Å². The molecule has 0 unspecified atom stereocenters. The minimum absolute atomic E-state index is 0.0930. The molecule has 0 bridgehead atoms. The van der Waals surface area contributed by atoms with Crippen LogP contribution in [-0.4, -0.2) is 43.0 Å². The maximum Gasteiger partial charge on any atom is 0.337 e. The quantitative estimate of drug-likeness (QED) is 0.740. The van der Waals surface area contributed by atoms with Crippen molar-refractivity contribution in [2.75, 3.05) is 20.3 Å². The summed E-state index contributed by atoms with van der Waals surface area (Å²) in [6.45, 7) is 2.84. The van der Waals surface area contributed by atoms with Crippen molar-refractivity contribution in [3.8, 4) is 11.8 Å². The van der Waals surface area contributed by atoms with E-state index in [9.17, 15) is 19.6 Å². The Balaban J connectivity index is 2.34. The van der Waals surface area contributed by atoms with Gasteiger partial charge in [-0.05, 0) is 19.9 Å². The van der Waals surface area contributed by atoms with Crippen LogP contribution >= 0.6 is 0 Å². The number of hydrogen-bond donors (Lipinski definition) is 1. The molecule has 1 spiro atoms. The molecule has 0 fully saturated rings. The number of esters is 2. The van der Waals surface area contributed by atoms with Gasteiger partial charge in [0.05, 0.1) is 19.3 Å². The van der Waals surface area contributed by atoms with Crippen LogP contribution in [0, 0.1) is 11.3 Å². The predicted octanol–water partition coefficient (Wildman–Crippen LogP) is 0.863. The van der Waals surface area contributed by atoms with E-state index in [1.807, 2.05) is 6.07 Å². The SMILES string of the molecule is CCOC(=O)CN1C(=O)[C@]2(C(C#N)=C(N)Oc3ccccc32)C(C(=O)OC)=C1C. The fraction of sp³-hybridized carbons (Fsp3) is 0.300. The van der Waals surface area contributed by atoms with E-state index in [1.165, 1.54) is 14.0 Å². The van der Waals surface area contributed by atoms with Gasteiger partial charge in [0.2, 0.25) is 11.8 Å². The van der Waals surface area contributed by atoms with Crippen LogP contribution in [0.25, 0.3) is 0 Å². The molecule has 0 aliphatic carbocycles. The average molecular weight is 397 g/mol. The standard InChI is InChI=1S/C20H19N3O6/c1-4-28-15(24)10-23-11(2)16(18(25)27-3)20(19(23)26)12-7-5-6-8-14(12)29-17(22)13(20)9-21/h5-8H,4,10,22H2,1-3H3/t20-/m1/s1. The van der Waals surface area contributed by atoms with Crippen LogP contribution in [0.1, 0.15) is 19.4 Å². The molecule has 2 N–H and O–H groups in total. The largest absolute Gasteiger partial charge is 0.466 e. The number of methoxy groups -OCH3 is 1. The van der Waals surface area contributed by atoms with Gasteiger partial charge < -0.3 is 24.8 Å². The van der Waals surface area contributed by atoms with E-state index in [-0.39, 0.29) is 40.6 Å². The van der Waals surface area contributed by atoms with Crippen LogP contribution in [0.4, 0.5) is 0 Å². The molecule has 150 valence electrons. The van der Waals surface area contributed by atoms with Crippen LogP contribution in [0.3, 0.4) is 0 Å². The maximum atomic E-state index is 13.7. The number of ether oxygens (including phenoxy) is 3. The van der Waals surface area contributed by atoms with Gasteiger partial charge in [0.1, 0.15) is 23.9 Å². The van der Waals surface area contributed by atoms with Gasteiger partial charge in [0, 0.05) is 11.3 Å². The highest BCUT2D eigenvalue weighted by molar-refractivity contribution is 6.13. The molecule has 3 rings (SSSR count). The number of nitrogens with zero attached hydrogens (tertiary/aromatic N) is 2. The molecular weight excluding hydrogens is 378 g/mol. The van der Waals surface area contributed by atoms with Crippen molar-refractivity contribution in [1.82, 2.24) is 4.90 Å². The number of carbonyl (C=O) groups is 3. The van der Waals surface area contributed by atoms with Gasteiger partial charge >= 0.3 is 11.9 Å². The normalized spacial score (nSPS) is 20.3. The Labute approximate surface area is 166 Å². The summed E-state index contributed by atoms with van der Waals surface area (Å²) in [5, 5.41) is 9.84. The Bertz CT molecular complexity index is 1020. The fourth-order valence-corrected chi connectivity index (χ4v) is 3.77. The summed E-state index contributed by atoms with van der Waals surface area (Å²) in [5.74, 6) is -2.23. The lowest BCUT2D eigenvalue weighted by molar-refractivity contribution is -0.148. The lowest BCUT2D eigenvalue weighted by atomic mass is 9.68. The number of allylic oxidation sites excluding steroid dienone is 1. The smallest absolute Gasteiger partial charge is 0.337 e. The van der Waals surface area contributed by atoms with Gasteiger partial charge in [-0.3, -0.25) is 9.59 Å². The highest BCUT2D eigenvalue weighted by atomic mass is 16.5. The molecule has 2 heterocycles. The lowest BCUT2D eigenvalue weighted by Gasteiger charge is -2.35. The second kappa shape index (κ2) is 7.31. The summed E-state index contributed by atoms with van der Waals surface area (Å²) in [4.78, 5) is 39.7. The second-order valence-electron chi connectivity index (χ2n) is 6.35. The Kier molecular flexibility index (Phi) is 5.03. The average Bonchev–Trinajstić information content (AvgIpc) is 2.90. The fourth-order valence-electron chi connectivity index (χ4n) is 3.77. The molecule has 0 saturated heterocycles. The first-order chi connectivity index (χ1) is 13.8. The third-order valence-electron chi connectivity index (χ3n) is 4.93. The van der Waals surface area contributed by atoms with Crippen molar-refractivity contribution in [3.05, 3.63) is 52.6 Å². The van der Waals surface area contributed by atoms with Crippen molar-refractivity contribution < 1.29 is 28.6 Å². The van der Waals surface area contributed by atoms with E-state index in [2.05, 4.69) is 0 Å². The number of hydrogen-bond acceptors (Lipinski definition) is 8. The Hall–Kier alpha value is -3.80. The predicted molar refractivity (Wildman–Crippen MR) is 98.6 cm³/mol. The molecule has 29 heavy (non-hydrogen) atoms. The van der Waals surface area contributed by atoms with E-state index in [1.54, 1.807) is 31.2 Å². The number of benzene rings is 1. The molecule has 2 aliphatic rings. The Morgan fingerprint density at radius 2 is 2.03 bits per heavy atom. The first-order valence-electron chi connectivity index (χ1n) is 8.79. The maximum absolute atomic E-state index is 13.7. The molecule has 9 nitrogen and oxygen atoms in total. The molecular formula is C20H19N3O6. The first kappa shape index (κ1) is 19.9. The van der Waals surface area contributed by atoms with Gasteiger partial charge in [-0.2, -0.15) is 5.26 Å². The van der Waals surface area contributed by atoms with E-state index in [4.69, 9.17) is 19.9 Å². The van der Waals surface area contributed by atoms with Crippen molar-refractivity contribution in [1.29, 1.82) is 5.26 Å². The Morgan fingerprint density at radius 3 is 2.66 bits per heavy atom. The third kappa shape index (κ3) is 2.72. The number of amides is 1. The molecule has 9 heteroatoms. The molecule has 1 aromatic rings. The number of rotatable bonds is 4. The van der Waals surface area contributed by atoms with Gasteiger partial charge in [0.25, 0.3) is 0 Å². The van der Waals surface area contributed by atoms with Crippen molar-refractivity contribution in [3.63, 3.8) is 0 Å². The molecule has 0 aromatic heterocycles. The highest BCUT2D eigenvalue weighted by Gasteiger charge is 2.62. The minimum atomic E-state index is -1.88. The van der Waals surface area contributed by atoms with Crippen LogP contribution in [0.2, 0.25) is 0 Å². The summed E-state index contributed by atoms with van der Waals surface area (Å²) < 4.78 is 15.4. The van der Waals surface area contributed by atoms with Crippen LogP contribution in [0.5, 0.6) is 5.75 Å². The summed E-state index contributed by atoms with van der Waals surface area (Å²) in [7, 11) is 1.17. The van der Waals surface area contributed by atoms with E-state index in [0.29, 0.717) is 0 Å². The van der Waals surface area contributed by atoms with E-state index >= 15 is 0 Å². The van der Waals surface area contributed by atoms with Crippen LogP contribution < -0.4 is 10.5 Å². The van der Waals surface area contributed by atoms with E-state index in [0.717, 1.165) is 4.90 Å². The molecule has 1 atom stereocenters. The second-order valence-corrected chi connectivity index (χ2v) is 6.35. The lowest BCUT2D eigenvalue weighted by Crippen LogP contribution is -2.47. The van der Waals surface area contributed by atoms with Gasteiger partial charge in [-0.25, -0.2) is 4.79 Å². The molecule has 1 amide bonds. The van der Waals surface area contributed by atoms with Crippen molar-refractivity contribution in [2.45, 2.75) is 19.3 Å². The molecule has 0 radical (unpaired) electrons. The van der Waals surface area contributed by atoms with E-state index < -0.39 is 29.8 Å². The van der Waals surface area contributed by atoms with Gasteiger partial charge in [-0.15, -0.1) is 0 Å². The third-order valence-corrected chi connectivity index (χ3v) is 4.93. The monoisotopic (exact) mass is 397 g/mol. The van der Waals surface area contributed by atoms with Gasteiger partial charge in [-0.1, -0.05) is 18.2 Å². The van der Waals surface area contributed by atoms with Crippen LogP contribution in [0.15, 0.2) is 47.0 Å².